The molecule has 4 aromatic carbocycles. The van der Waals surface area contributed by atoms with E-state index >= 15 is 17.6 Å². The number of carbonyl (C=O) groups excluding carboxylic acids is 4. The van der Waals surface area contributed by atoms with Crippen LogP contribution < -0.4 is 21.1 Å². The summed E-state index contributed by atoms with van der Waals surface area (Å²) in [7, 11) is 1.58. The first kappa shape index (κ1) is 49.5. The van der Waals surface area contributed by atoms with Crippen LogP contribution in [0.2, 0.25) is 5.02 Å². The zero-order valence-electron chi connectivity index (χ0n) is 40.2. The molecule has 0 radical (unpaired) electrons. The molecule has 18 heteroatoms. The molecule has 0 spiro atoms. The van der Waals surface area contributed by atoms with Gasteiger partial charge >= 0.3 is 0 Å². The third kappa shape index (κ3) is 8.88. The number of halogens is 5. The molecule has 0 bridgehead atoms. The number of aromatic nitrogens is 2. The van der Waals surface area contributed by atoms with E-state index in [0.29, 0.717) is 63.3 Å². The Bertz CT molecular complexity index is 2970. The Morgan fingerprint density at radius 3 is 2.28 bits per heavy atom. The Balaban J connectivity index is 0.731. The van der Waals surface area contributed by atoms with E-state index in [1.807, 2.05) is 42.2 Å². The highest BCUT2D eigenvalue weighted by atomic mass is 35.5. The molecule has 380 valence electrons. The fourth-order valence-corrected chi connectivity index (χ4v) is 12.7. The van der Waals surface area contributed by atoms with E-state index < -0.39 is 68.9 Å². The first-order chi connectivity index (χ1) is 34.5. The lowest BCUT2D eigenvalue weighted by molar-refractivity contribution is -0.138. The summed E-state index contributed by atoms with van der Waals surface area (Å²) in [5.74, 6) is -7.01. The van der Waals surface area contributed by atoms with Gasteiger partial charge in [-0.05, 0) is 106 Å². The van der Waals surface area contributed by atoms with Gasteiger partial charge in [0.2, 0.25) is 23.6 Å². The molecule has 3 atom stereocenters. The van der Waals surface area contributed by atoms with E-state index in [0.717, 1.165) is 43.9 Å². The van der Waals surface area contributed by atoms with Crippen LogP contribution in [0, 0.1) is 35.1 Å². The standard InChI is InChI=1S/C54H58ClF4N7O6/c1-28-42-40(25-38(57)46(55)45(42)44-34(51(60)69)12-14-39(67)47(44)58)72-54(28,32-6-4-3-5-7-32)27-61-33-10-8-31(9-11-33)53(71)66-22-16-29(17-23-66)26-65-20-18-30(19-21-65)43-37(56)24-36-49(63-64(2)50(36)48(43)59)35-13-15-41(68)62-52(35)70/h3-7,12,14,24-25,28-31,33,35,61,67H,8-11,13,15-23,26-27H2,1-2H3,(H2,60,69)(H,62,68,70)/t28-,31?,33?,35?,54-/m0/s1. The van der Waals surface area contributed by atoms with E-state index in [4.69, 9.17) is 22.1 Å². The van der Waals surface area contributed by atoms with Gasteiger partial charge in [0.25, 0.3) is 0 Å². The maximum Gasteiger partial charge on any atom is 0.249 e. The van der Waals surface area contributed by atoms with E-state index in [9.17, 15) is 24.3 Å². The van der Waals surface area contributed by atoms with Gasteiger partial charge in [-0.25, -0.2) is 17.6 Å². The largest absolute Gasteiger partial charge is 0.505 e. The average Bonchev–Trinajstić information content (AvgIpc) is 3.85. The smallest absolute Gasteiger partial charge is 0.249 e. The Morgan fingerprint density at radius 2 is 1.60 bits per heavy atom. The minimum Gasteiger partial charge on any atom is -0.505 e. The molecule has 3 saturated heterocycles. The molecule has 4 fully saturated rings. The number of benzene rings is 4. The van der Waals surface area contributed by atoms with Crippen molar-refractivity contribution in [3.05, 3.63) is 111 Å². The van der Waals surface area contributed by atoms with Crippen LogP contribution in [0.4, 0.5) is 17.6 Å². The predicted octanol–water partition coefficient (Wildman–Crippen LogP) is 8.43. The zero-order chi connectivity index (χ0) is 50.7. The zero-order valence-corrected chi connectivity index (χ0v) is 41.0. The number of fused-ring (bicyclic) bond motifs is 2. The summed E-state index contributed by atoms with van der Waals surface area (Å²) in [4.78, 5) is 55.2. The summed E-state index contributed by atoms with van der Waals surface area (Å²) in [5.41, 5.74) is 5.39. The molecule has 5 aliphatic rings. The van der Waals surface area contributed by atoms with E-state index in [2.05, 4.69) is 20.6 Å². The number of likely N-dealkylation sites (tertiary alicyclic amines) is 2. The van der Waals surface area contributed by atoms with Crippen LogP contribution in [0.15, 0.2) is 54.6 Å². The lowest BCUT2D eigenvalue weighted by atomic mass is 9.77. The molecule has 1 aromatic heterocycles. The molecule has 5 heterocycles. The van der Waals surface area contributed by atoms with Crippen molar-refractivity contribution in [3.8, 4) is 22.6 Å². The molecule has 72 heavy (non-hydrogen) atoms. The number of carbonyl (C=O) groups is 4. The molecule has 13 nitrogen and oxygen atoms in total. The minimum absolute atomic E-state index is 0.0395. The summed E-state index contributed by atoms with van der Waals surface area (Å²) in [6.45, 7) is 5.75. The lowest BCUT2D eigenvalue weighted by Crippen LogP contribution is -2.49. The number of phenols is 1. The summed E-state index contributed by atoms with van der Waals surface area (Å²) in [5, 5.41) is 20.6. The molecular weight excluding hydrogens is 954 g/mol. The van der Waals surface area contributed by atoms with Gasteiger partial charge in [0.1, 0.15) is 22.9 Å². The second-order valence-electron chi connectivity index (χ2n) is 20.5. The fraction of sp³-hybridized carbons (Fsp3) is 0.463. The number of piperidine rings is 3. The third-order valence-electron chi connectivity index (χ3n) is 16.4. The summed E-state index contributed by atoms with van der Waals surface area (Å²) >= 11 is 6.61. The van der Waals surface area contributed by atoms with Crippen LogP contribution in [-0.4, -0.2) is 93.6 Å². The highest BCUT2D eigenvalue weighted by molar-refractivity contribution is 6.34. The van der Waals surface area contributed by atoms with Gasteiger partial charge in [0.15, 0.2) is 23.0 Å². The van der Waals surface area contributed by atoms with Crippen LogP contribution >= 0.6 is 11.6 Å². The topological polar surface area (TPSA) is 172 Å². The number of rotatable bonds is 11. The summed E-state index contributed by atoms with van der Waals surface area (Å²) in [6.07, 6.45) is 6.18. The fourth-order valence-electron chi connectivity index (χ4n) is 12.4. The number of aromatic hydroxyl groups is 1. The first-order valence-corrected chi connectivity index (χ1v) is 25.4. The van der Waals surface area contributed by atoms with Gasteiger partial charge < -0.3 is 30.7 Å². The van der Waals surface area contributed by atoms with Crippen molar-refractivity contribution in [2.75, 3.05) is 39.3 Å². The Labute approximate surface area is 419 Å². The maximum atomic E-state index is 16.2. The number of primary amides is 1. The number of hydrogen-bond acceptors (Lipinski definition) is 9. The molecule has 4 aliphatic heterocycles. The number of aryl methyl sites for hydroxylation is 1. The highest BCUT2D eigenvalue weighted by Crippen LogP contribution is 2.56. The Kier molecular flexibility index (Phi) is 13.6. The number of nitrogens with zero attached hydrogens (tertiary/aromatic N) is 4. The second kappa shape index (κ2) is 19.8. The number of imide groups is 1. The van der Waals surface area contributed by atoms with Crippen molar-refractivity contribution < 1.29 is 46.6 Å². The normalized spacial score (nSPS) is 24.3. The van der Waals surface area contributed by atoms with E-state index in [-0.39, 0.29) is 88.1 Å². The van der Waals surface area contributed by atoms with Crippen molar-refractivity contribution in [1.29, 1.82) is 0 Å². The number of hydrogen-bond donors (Lipinski definition) is 4. The van der Waals surface area contributed by atoms with Crippen LogP contribution in [0.25, 0.3) is 22.0 Å². The van der Waals surface area contributed by atoms with Crippen LogP contribution in [-0.2, 0) is 27.0 Å². The lowest BCUT2D eigenvalue weighted by Gasteiger charge is -2.40. The molecule has 5 N–H and O–H groups in total. The van der Waals surface area contributed by atoms with Crippen LogP contribution in [0.5, 0.6) is 11.5 Å². The number of nitrogens with one attached hydrogen (secondary N) is 2. The summed E-state index contributed by atoms with van der Waals surface area (Å²) in [6, 6.07) is 14.1. The predicted molar refractivity (Wildman–Crippen MR) is 261 cm³/mol. The Morgan fingerprint density at radius 1 is 0.889 bits per heavy atom. The molecule has 1 saturated carbocycles. The minimum atomic E-state index is -1.16. The molecule has 1 aliphatic carbocycles. The van der Waals surface area contributed by atoms with Crippen LogP contribution in [0.1, 0.15) is 122 Å². The van der Waals surface area contributed by atoms with E-state index in [1.165, 1.54) is 22.9 Å². The second-order valence-corrected chi connectivity index (χ2v) is 20.9. The molecule has 10 rings (SSSR count). The first-order valence-electron chi connectivity index (χ1n) is 25.0. The van der Waals surface area contributed by atoms with Gasteiger partial charge in [-0.1, -0.05) is 48.9 Å². The van der Waals surface area contributed by atoms with Crippen molar-refractivity contribution >= 4 is 46.1 Å². The number of ether oxygens (including phenoxy) is 1. The van der Waals surface area contributed by atoms with Crippen molar-refractivity contribution in [2.45, 2.75) is 101 Å². The van der Waals surface area contributed by atoms with Crippen molar-refractivity contribution in [1.82, 2.24) is 30.2 Å². The third-order valence-corrected chi connectivity index (χ3v) is 16.7. The van der Waals surface area contributed by atoms with E-state index in [1.54, 1.807) is 7.05 Å². The molecule has 4 amide bonds. The SMILES string of the molecule is C[C@H]1c2c(cc(F)c(Cl)c2-c2c(C(N)=O)ccc(O)c2F)O[C@]1(CNC1CCC(C(=O)N2CCC(CN3CCC(c4c(F)cc5c(C6CCC(=O)NC6=O)nn(C)c5c4F)CC3)CC2)CC1)c1ccccc1. The van der Waals surface area contributed by atoms with Crippen LogP contribution in [0.3, 0.4) is 0 Å². The van der Waals surface area contributed by atoms with Gasteiger partial charge in [-0.15, -0.1) is 0 Å². The highest BCUT2D eigenvalue weighted by Gasteiger charge is 2.50. The molecular formula is C54H58ClF4N7O6. The molecule has 5 aromatic rings. The molecule has 1 unspecified atom stereocenters. The number of amides is 4. The van der Waals surface area contributed by atoms with Gasteiger partial charge in [0, 0.05) is 91.2 Å². The quantitative estimate of drug-likeness (QED) is 0.0749. The van der Waals surface area contributed by atoms with Gasteiger partial charge in [-0.3, -0.25) is 29.2 Å². The van der Waals surface area contributed by atoms with Gasteiger partial charge in [0.05, 0.1) is 22.2 Å². The average molecular weight is 1010 g/mol. The van der Waals surface area contributed by atoms with Crippen molar-refractivity contribution in [3.63, 3.8) is 0 Å². The summed E-state index contributed by atoms with van der Waals surface area (Å²) < 4.78 is 71.7. The number of phenolic OH excluding ortho intramolecular Hbond substituents is 1. The number of nitrogens with two attached hydrogens (primary N) is 1. The van der Waals surface area contributed by atoms with Gasteiger partial charge in [-0.2, -0.15) is 5.10 Å². The monoisotopic (exact) mass is 1010 g/mol. The maximum absolute atomic E-state index is 16.2. The van der Waals surface area contributed by atoms with Crippen molar-refractivity contribution in [2.24, 2.45) is 24.6 Å². The Hall–Kier alpha value is -6.04.